The molecule has 3 saturated carbocycles. The van der Waals surface area contributed by atoms with E-state index in [4.69, 9.17) is 9.47 Å². The molecule has 0 aromatic heterocycles. The van der Waals surface area contributed by atoms with Gasteiger partial charge < -0.3 is 9.47 Å². The van der Waals surface area contributed by atoms with Gasteiger partial charge in [0.15, 0.2) is 17.4 Å². The quantitative estimate of drug-likeness (QED) is 0.181. The second-order valence-electron chi connectivity index (χ2n) is 11.9. The van der Waals surface area contributed by atoms with Crippen molar-refractivity contribution in [1.82, 2.24) is 0 Å². The van der Waals surface area contributed by atoms with E-state index in [0.717, 1.165) is 61.5 Å². The summed E-state index contributed by atoms with van der Waals surface area (Å²) in [5.41, 5.74) is 0. The van der Waals surface area contributed by atoms with Gasteiger partial charge in [0, 0.05) is 12.1 Å². The Morgan fingerprint density at radius 3 is 2.06 bits per heavy atom. The molecule has 0 N–H and O–H groups in total. The molecule has 4 atom stereocenters. The molecule has 0 spiro atoms. The fourth-order valence-electron chi connectivity index (χ4n) is 7.57. The number of esters is 1. The van der Waals surface area contributed by atoms with Crippen LogP contribution in [0.4, 0.5) is 8.78 Å². The Hall–Kier alpha value is -1.65. The highest BCUT2D eigenvalue weighted by Gasteiger charge is 2.39. The first kappa shape index (κ1) is 27.4. The predicted octanol–water partition coefficient (Wildman–Crippen LogP) is 8.88. The van der Waals surface area contributed by atoms with E-state index in [0.29, 0.717) is 5.92 Å². The Bertz CT molecular complexity index is 825. The van der Waals surface area contributed by atoms with Gasteiger partial charge in [0.2, 0.25) is 0 Å². The topological polar surface area (TPSA) is 35.5 Å². The fourth-order valence-corrected chi connectivity index (χ4v) is 7.57. The fraction of sp³-hybridized carbons (Fsp3) is 0.774. The van der Waals surface area contributed by atoms with Crippen molar-refractivity contribution in [3.05, 3.63) is 23.8 Å². The van der Waals surface area contributed by atoms with E-state index in [1.54, 1.807) is 0 Å². The predicted molar refractivity (Wildman–Crippen MR) is 139 cm³/mol. The Morgan fingerprint density at radius 1 is 0.806 bits per heavy atom. The minimum atomic E-state index is -0.861. The van der Waals surface area contributed by atoms with E-state index in [9.17, 15) is 13.6 Å². The van der Waals surface area contributed by atoms with Gasteiger partial charge in [-0.2, -0.15) is 0 Å². The summed E-state index contributed by atoms with van der Waals surface area (Å²) in [5.74, 6) is 1.54. The third kappa shape index (κ3) is 7.01. The maximum atomic E-state index is 13.9. The standard InChI is InChI=1S/C31H46F2O3/c1-3-4-5-6-7-8-21-9-10-26-18-25(16-15-24(26)17-21)22-11-13-23(14-12-22)31(34)36-27-19-28(32)30(35-2)29(33)20-27/h19-26H,3-18H2,1-2H3. The molecule has 3 aliphatic rings. The van der Waals surface area contributed by atoms with Crippen LogP contribution in [0, 0.1) is 47.1 Å². The van der Waals surface area contributed by atoms with Crippen LogP contribution in [0.15, 0.2) is 12.1 Å². The van der Waals surface area contributed by atoms with Crippen LogP contribution >= 0.6 is 0 Å². The average Bonchev–Trinajstić information content (AvgIpc) is 2.88. The number of rotatable bonds is 10. The second kappa shape index (κ2) is 13.2. The zero-order valence-electron chi connectivity index (χ0n) is 22.4. The van der Waals surface area contributed by atoms with Gasteiger partial charge in [0.1, 0.15) is 5.75 Å². The summed E-state index contributed by atoms with van der Waals surface area (Å²) in [6, 6.07) is 2.04. The van der Waals surface area contributed by atoms with Crippen molar-refractivity contribution >= 4 is 5.97 Å². The van der Waals surface area contributed by atoms with Gasteiger partial charge in [-0.25, -0.2) is 8.78 Å². The third-order valence-electron chi connectivity index (χ3n) is 9.64. The first-order valence-corrected chi connectivity index (χ1v) is 14.7. The monoisotopic (exact) mass is 504 g/mol. The minimum absolute atomic E-state index is 0.0900. The van der Waals surface area contributed by atoms with Crippen molar-refractivity contribution in [3.8, 4) is 11.5 Å². The van der Waals surface area contributed by atoms with Crippen molar-refractivity contribution in [2.45, 2.75) is 110 Å². The number of ether oxygens (including phenoxy) is 2. The summed E-state index contributed by atoms with van der Waals surface area (Å²) in [5, 5.41) is 0. The van der Waals surface area contributed by atoms with Gasteiger partial charge in [0.25, 0.3) is 0 Å². The molecule has 202 valence electrons. The molecule has 36 heavy (non-hydrogen) atoms. The normalized spacial score (nSPS) is 30.4. The molecular weight excluding hydrogens is 458 g/mol. The van der Waals surface area contributed by atoms with E-state index >= 15 is 0 Å². The summed E-state index contributed by atoms with van der Waals surface area (Å²) >= 11 is 0. The van der Waals surface area contributed by atoms with Crippen molar-refractivity contribution in [3.63, 3.8) is 0 Å². The lowest BCUT2D eigenvalue weighted by Gasteiger charge is -2.45. The van der Waals surface area contributed by atoms with Crippen LogP contribution < -0.4 is 9.47 Å². The van der Waals surface area contributed by atoms with Crippen LogP contribution in [-0.4, -0.2) is 13.1 Å². The summed E-state index contributed by atoms with van der Waals surface area (Å²) in [7, 11) is 1.21. The SMILES string of the molecule is CCCCCCCC1CCC2CC(C3CCC(C(=O)Oc4cc(F)c(OC)c(F)c4)CC3)CCC2C1. The number of carbonyl (C=O) groups is 1. The number of hydrogen-bond donors (Lipinski definition) is 0. The third-order valence-corrected chi connectivity index (χ3v) is 9.64. The van der Waals surface area contributed by atoms with E-state index < -0.39 is 17.4 Å². The first-order valence-electron chi connectivity index (χ1n) is 14.7. The molecule has 0 bridgehead atoms. The summed E-state index contributed by atoms with van der Waals surface area (Å²) in [6.45, 7) is 2.29. The zero-order chi connectivity index (χ0) is 25.5. The Balaban J connectivity index is 1.18. The number of carbonyl (C=O) groups excluding carboxylic acids is 1. The van der Waals surface area contributed by atoms with E-state index in [1.165, 1.54) is 84.2 Å². The van der Waals surface area contributed by atoms with Gasteiger partial charge in [-0.15, -0.1) is 0 Å². The van der Waals surface area contributed by atoms with Gasteiger partial charge in [-0.1, -0.05) is 51.9 Å². The molecule has 0 radical (unpaired) electrons. The molecule has 1 aromatic rings. The van der Waals surface area contributed by atoms with E-state index in [-0.39, 0.29) is 17.6 Å². The van der Waals surface area contributed by atoms with Crippen molar-refractivity contribution < 1.29 is 23.0 Å². The highest BCUT2D eigenvalue weighted by Crippen LogP contribution is 2.49. The lowest BCUT2D eigenvalue weighted by Crippen LogP contribution is -2.35. The van der Waals surface area contributed by atoms with Gasteiger partial charge >= 0.3 is 5.97 Å². The van der Waals surface area contributed by atoms with Crippen LogP contribution in [0.5, 0.6) is 11.5 Å². The molecule has 5 heteroatoms. The number of halogens is 2. The first-order chi connectivity index (χ1) is 17.5. The summed E-state index contributed by atoms with van der Waals surface area (Å²) in [6.07, 6.45) is 20.7. The van der Waals surface area contributed by atoms with Crippen molar-refractivity contribution in [2.24, 2.45) is 35.5 Å². The molecular formula is C31H46F2O3. The molecule has 1 aromatic carbocycles. The van der Waals surface area contributed by atoms with Crippen molar-refractivity contribution in [1.29, 1.82) is 0 Å². The van der Waals surface area contributed by atoms with Crippen LogP contribution in [-0.2, 0) is 4.79 Å². The lowest BCUT2D eigenvalue weighted by atomic mass is 9.60. The second-order valence-corrected chi connectivity index (χ2v) is 11.9. The van der Waals surface area contributed by atoms with E-state index in [1.807, 2.05) is 0 Å². The lowest BCUT2D eigenvalue weighted by molar-refractivity contribution is -0.140. The number of unbranched alkanes of at least 4 members (excludes halogenated alkanes) is 4. The van der Waals surface area contributed by atoms with Crippen LogP contribution in [0.3, 0.4) is 0 Å². The highest BCUT2D eigenvalue weighted by molar-refractivity contribution is 5.75. The Morgan fingerprint density at radius 2 is 1.39 bits per heavy atom. The van der Waals surface area contributed by atoms with Gasteiger partial charge in [0.05, 0.1) is 13.0 Å². The largest absolute Gasteiger partial charge is 0.491 e. The maximum Gasteiger partial charge on any atom is 0.314 e. The molecule has 3 nitrogen and oxygen atoms in total. The van der Waals surface area contributed by atoms with Gasteiger partial charge in [-0.05, 0) is 87.4 Å². The molecule has 0 heterocycles. The maximum absolute atomic E-state index is 13.9. The van der Waals surface area contributed by atoms with E-state index in [2.05, 4.69) is 6.92 Å². The minimum Gasteiger partial charge on any atom is -0.491 e. The zero-order valence-corrected chi connectivity index (χ0v) is 22.4. The van der Waals surface area contributed by atoms with Crippen LogP contribution in [0.25, 0.3) is 0 Å². The molecule has 0 amide bonds. The summed E-state index contributed by atoms with van der Waals surface area (Å²) < 4.78 is 37.9. The van der Waals surface area contributed by atoms with Gasteiger partial charge in [-0.3, -0.25) is 4.79 Å². The highest BCUT2D eigenvalue weighted by atomic mass is 19.1. The molecule has 3 aliphatic carbocycles. The Kier molecular flexibility index (Phi) is 10.1. The van der Waals surface area contributed by atoms with Crippen LogP contribution in [0.1, 0.15) is 110 Å². The van der Waals surface area contributed by atoms with Crippen molar-refractivity contribution in [2.75, 3.05) is 7.11 Å². The number of benzene rings is 1. The average molecular weight is 505 g/mol. The summed E-state index contributed by atoms with van der Waals surface area (Å²) in [4.78, 5) is 12.7. The molecule has 4 rings (SSSR count). The number of fused-ring (bicyclic) bond motifs is 1. The smallest absolute Gasteiger partial charge is 0.314 e. The Labute approximate surface area is 216 Å². The van der Waals surface area contributed by atoms with Crippen LogP contribution in [0.2, 0.25) is 0 Å². The number of hydrogen-bond acceptors (Lipinski definition) is 3. The number of methoxy groups -OCH3 is 1. The molecule has 0 saturated heterocycles. The molecule has 4 unspecified atom stereocenters. The molecule has 0 aliphatic heterocycles. The molecule has 3 fully saturated rings.